The van der Waals surface area contributed by atoms with E-state index in [2.05, 4.69) is 9.72 Å². The van der Waals surface area contributed by atoms with Gasteiger partial charge in [-0.3, -0.25) is 4.79 Å². The number of aromatic amines is 1. The molecule has 0 aliphatic carbocycles. The lowest BCUT2D eigenvalue weighted by Gasteiger charge is -2.06. The first-order chi connectivity index (χ1) is 6.90. The van der Waals surface area contributed by atoms with Crippen molar-refractivity contribution in [2.75, 3.05) is 7.11 Å². The first-order valence-corrected chi connectivity index (χ1v) is 4.05. The molecule has 0 amide bonds. The highest BCUT2D eigenvalue weighted by Crippen LogP contribution is 2.18. The number of nitrogens with zero attached hydrogens (tertiary/aromatic N) is 1. The van der Waals surface area contributed by atoms with E-state index in [1.807, 2.05) is 4.98 Å². The van der Waals surface area contributed by atoms with Gasteiger partial charge in [0.25, 0.3) is 5.56 Å². The lowest BCUT2D eigenvalue weighted by Crippen LogP contribution is -2.19. The zero-order valence-electron chi connectivity index (χ0n) is 7.89. The maximum absolute atomic E-state index is 12.0. The van der Waals surface area contributed by atoms with E-state index in [-0.39, 0.29) is 12.3 Å². The molecule has 1 aromatic rings. The molecule has 0 aromatic carbocycles. The molecule has 0 aliphatic rings. The van der Waals surface area contributed by atoms with Gasteiger partial charge in [0.2, 0.25) is 0 Å². The van der Waals surface area contributed by atoms with Crippen LogP contribution in [0.1, 0.15) is 11.5 Å². The van der Waals surface area contributed by atoms with Crippen molar-refractivity contribution >= 4 is 0 Å². The average Bonchev–Trinajstić information content (AvgIpc) is 1.99. The van der Waals surface area contributed by atoms with Gasteiger partial charge in [0.15, 0.2) is 0 Å². The number of ether oxygens (including phenoxy) is 1. The third-order valence-corrected chi connectivity index (χ3v) is 1.50. The highest BCUT2D eigenvalue weighted by atomic mass is 19.4. The molecule has 0 bridgehead atoms. The molecular weight excluding hydrogens is 213 g/mol. The Kier molecular flexibility index (Phi) is 3.46. The van der Waals surface area contributed by atoms with Crippen molar-refractivity contribution in [3.63, 3.8) is 0 Å². The monoisotopic (exact) mass is 222 g/mol. The summed E-state index contributed by atoms with van der Waals surface area (Å²) in [5, 5.41) is 0. The van der Waals surface area contributed by atoms with Crippen LogP contribution in [0.2, 0.25) is 0 Å². The fraction of sp³-hybridized carbons (Fsp3) is 0.500. The molecule has 0 saturated heterocycles. The Bertz CT molecular complexity index is 386. The first kappa shape index (κ1) is 11.7. The zero-order valence-corrected chi connectivity index (χ0v) is 7.89. The van der Waals surface area contributed by atoms with E-state index in [1.54, 1.807) is 0 Å². The van der Waals surface area contributed by atoms with E-state index in [4.69, 9.17) is 0 Å². The second-order valence-electron chi connectivity index (χ2n) is 2.91. The summed E-state index contributed by atoms with van der Waals surface area (Å²) in [6.07, 6.45) is -5.64. The van der Waals surface area contributed by atoms with Crippen LogP contribution in [0.4, 0.5) is 13.2 Å². The molecule has 0 saturated carbocycles. The Hall–Kier alpha value is -1.37. The van der Waals surface area contributed by atoms with E-state index in [0.717, 1.165) is 6.07 Å². The number of aromatic nitrogens is 2. The van der Waals surface area contributed by atoms with Crippen molar-refractivity contribution in [2.24, 2.45) is 0 Å². The highest BCUT2D eigenvalue weighted by Gasteiger charge is 2.29. The normalized spacial score (nSPS) is 11.7. The molecule has 0 aliphatic heterocycles. The Morgan fingerprint density at radius 2 is 2.20 bits per heavy atom. The van der Waals surface area contributed by atoms with Crippen LogP contribution in [0, 0.1) is 0 Å². The Morgan fingerprint density at radius 1 is 1.53 bits per heavy atom. The van der Waals surface area contributed by atoms with Gasteiger partial charge in [0.1, 0.15) is 12.2 Å². The number of methoxy groups -OCH3 is 1. The van der Waals surface area contributed by atoms with Crippen LogP contribution < -0.4 is 5.56 Å². The number of alkyl halides is 3. The molecule has 0 radical (unpaired) electrons. The molecule has 4 nitrogen and oxygen atoms in total. The lowest BCUT2D eigenvalue weighted by atomic mass is 10.3. The summed E-state index contributed by atoms with van der Waals surface area (Å²) in [6.45, 7) is 0.00871. The highest BCUT2D eigenvalue weighted by molar-refractivity contribution is 5.02. The Morgan fingerprint density at radius 3 is 2.73 bits per heavy atom. The van der Waals surface area contributed by atoms with Gasteiger partial charge >= 0.3 is 6.18 Å². The fourth-order valence-corrected chi connectivity index (χ4v) is 1.06. The van der Waals surface area contributed by atoms with Crippen molar-refractivity contribution in [1.82, 2.24) is 9.97 Å². The van der Waals surface area contributed by atoms with Gasteiger partial charge in [-0.1, -0.05) is 0 Å². The first-order valence-electron chi connectivity index (χ1n) is 4.05. The number of rotatable bonds is 3. The standard InChI is InChI=1S/C8H9F3N2O2/c1-15-4-5-2-7(14)13-6(12-5)3-8(9,10)11/h2H,3-4H2,1H3,(H,12,13,14). The molecule has 0 atom stereocenters. The number of hydrogen-bond acceptors (Lipinski definition) is 3. The number of H-pyrrole nitrogens is 1. The van der Waals surface area contributed by atoms with Gasteiger partial charge in [0, 0.05) is 13.2 Å². The van der Waals surface area contributed by atoms with Gasteiger partial charge in [-0.15, -0.1) is 0 Å². The van der Waals surface area contributed by atoms with Gasteiger partial charge < -0.3 is 9.72 Å². The van der Waals surface area contributed by atoms with Crippen LogP contribution in [0.5, 0.6) is 0 Å². The lowest BCUT2D eigenvalue weighted by molar-refractivity contribution is -0.128. The van der Waals surface area contributed by atoms with Gasteiger partial charge in [0.05, 0.1) is 12.3 Å². The van der Waals surface area contributed by atoms with Crippen LogP contribution >= 0.6 is 0 Å². The maximum Gasteiger partial charge on any atom is 0.396 e. The predicted molar refractivity (Wildman–Crippen MR) is 45.3 cm³/mol. The number of hydrogen-bond donors (Lipinski definition) is 1. The zero-order chi connectivity index (χ0) is 11.5. The van der Waals surface area contributed by atoms with Gasteiger partial charge in [-0.05, 0) is 0 Å². The molecular formula is C8H9F3N2O2. The molecule has 0 unspecified atom stereocenters. The summed E-state index contributed by atoms with van der Waals surface area (Å²) >= 11 is 0. The van der Waals surface area contributed by atoms with E-state index in [1.165, 1.54) is 7.11 Å². The minimum atomic E-state index is -4.39. The Balaban J connectivity index is 2.94. The summed E-state index contributed by atoms with van der Waals surface area (Å²) in [6, 6.07) is 1.10. The van der Waals surface area contributed by atoms with Crippen molar-refractivity contribution in [2.45, 2.75) is 19.2 Å². The summed E-state index contributed by atoms with van der Waals surface area (Å²) < 4.78 is 40.7. The third-order valence-electron chi connectivity index (χ3n) is 1.50. The van der Waals surface area contributed by atoms with E-state index < -0.39 is 24.0 Å². The van der Waals surface area contributed by atoms with E-state index in [0.29, 0.717) is 0 Å². The molecule has 84 valence electrons. The van der Waals surface area contributed by atoms with Gasteiger partial charge in [-0.2, -0.15) is 13.2 Å². The smallest absolute Gasteiger partial charge is 0.378 e. The van der Waals surface area contributed by atoms with Crippen LogP contribution in [0.3, 0.4) is 0 Å². The summed E-state index contributed by atoms with van der Waals surface area (Å²) in [4.78, 5) is 16.6. The molecule has 7 heteroatoms. The maximum atomic E-state index is 12.0. The minimum Gasteiger partial charge on any atom is -0.378 e. The second kappa shape index (κ2) is 4.43. The third kappa shape index (κ3) is 4.11. The number of nitrogens with one attached hydrogen (secondary N) is 1. The van der Waals surface area contributed by atoms with Crippen molar-refractivity contribution in [3.05, 3.63) is 27.9 Å². The SMILES string of the molecule is COCc1cc(=O)[nH]c(CC(F)(F)F)n1. The summed E-state index contributed by atoms with van der Waals surface area (Å²) in [5.41, 5.74) is -0.434. The molecule has 1 N–H and O–H groups in total. The topological polar surface area (TPSA) is 55.0 Å². The quantitative estimate of drug-likeness (QED) is 0.830. The van der Waals surface area contributed by atoms with Crippen molar-refractivity contribution in [3.8, 4) is 0 Å². The van der Waals surface area contributed by atoms with E-state index in [9.17, 15) is 18.0 Å². The van der Waals surface area contributed by atoms with Crippen molar-refractivity contribution in [1.29, 1.82) is 0 Å². The predicted octanol–water partition coefficient (Wildman–Crippen LogP) is 1.02. The molecule has 15 heavy (non-hydrogen) atoms. The molecule has 1 heterocycles. The fourth-order valence-electron chi connectivity index (χ4n) is 1.06. The van der Waals surface area contributed by atoms with E-state index >= 15 is 0 Å². The Labute approximate surface area is 83.1 Å². The van der Waals surface area contributed by atoms with Crippen LogP contribution in [0.15, 0.2) is 10.9 Å². The summed E-state index contributed by atoms with van der Waals surface area (Å²) in [7, 11) is 1.37. The van der Waals surface area contributed by atoms with Crippen LogP contribution in [-0.2, 0) is 17.8 Å². The average molecular weight is 222 g/mol. The summed E-state index contributed by atoms with van der Waals surface area (Å²) in [5.74, 6) is -0.401. The molecule has 0 fully saturated rings. The minimum absolute atomic E-state index is 0.00871. The van der Waals surface area contributed by atoms with Crippen LogP contribution in [-0.4, -0.2) is 23.3 Å². The molecule has 1 rings (SSSR count). The second-order valence-corrected chi connectivity index (χ2v) is 2.91. The molecule has 0 spiro atoms. The van der Waals surface area contributed by atoms with Gasteiger partial charge in [-0.25, -0.2) is 4.98 Å². The van der Waals surface area contributed by atoms with Crippen LogP contribution in [0.25, 0.3) is 0 Å². The molecule has 1 aromatic heterocycles. The van der Waals surface area contributed by atoms with Crippen molar-refractivity contribution < 1.29 is 17.9 Å². The largest absolute Gasteiger partial charge is 0.396 e. The number of halogens is 3.